The standard InChI is InChI=1S/C14H15BrN4O2/c1-9-13(15)14(21)19(8-17-9)7-11-4-2-10(3-5-11)6-12(20)18-16/h2-5,8H,6-7,16H2,1H3,(H,18,20). The normalized spacial score (nSPS) is 10.4. The zero-order valence-corrected chi connectivity index (χ0v) is 13.1. The number of carbonyl (C=O) groups excluding carboxylic acids is 1. The number of hydrazine groups is 1. The first-order chi connectivity index (χ1) is 10.0. The molecular weight excluding hydrogens is 336 g/mol. The van der Waals surface area contributed by atoms with Crippen molar-refractivity contribution in [2.24, 2.45) is 5.84 Å². The second-order valence-corrected chi connectivity index (χ2v) is 5.43. The van der Waals surface area contributed by atoms with Crippen molar-refractivity contribution >= 4 is 21.8 Å². The molecule has 1 amide bonds. The first-order valence-electron chi connectivity index (χ1n) is 6.30. The summed E-state index contributed by atoms with van der Waals surface area (Å²) in [4.78, 5) is 27.4. The molecule has 0 aliphatic carbocycles. The Morgan fingerprint density at radius 2 is 1.95 bits per heavy atom. The van der Waals surface area contributed by atoms with Gasteiger partial charge in [-0.25, -0.2) is 10.8 Å². The highest BCUT2D eigenvalue weighted by Gasteiger charge is 2.06. The highest BCUT2D eigenvalue weighted by Crippen LogP contribution is 2.09. The summed E-state index contributed by atoms with van der Waals surface area (Å²) in [6.45, 7) is 2.20. The molecular formula is C14H15BrN4O2. The first kappa shape index (κ1) is 15.4. The minimum Gasteiger partial charge on any atom is -0.294 e. The van der Waals surface area contributed by atoms with Crippen LogP contribution in [-0.2, 0) is 17.8 Å². The fourth-order valence-electron chi connectivity index (χ4n) is 1.85. The maximum atomic E-state index is 12.1. The number of carbonyl (C=O) groups is 1. The van der Waals surface area contributed by atoms with Crippen molar-refractivity contribution in [2.75, 3.05) is 0 Å². The Bertz CT molecular complexity index is 710. The molecule has 0 fully saturated rings. The highest BCUT2D eigenvalue weighted by molar-refractivity contribution is 9.10. The number of nitrogens with two attached hydrogens (primary N) is 1. The van der Waals surface area contributed by atoms with Gasteiger partial charge in [0, 0.05) is 0 Å². The number of aryl methyl sites for hydroxylation is 1. The predicted molar refractivity (Wildman–Crippen MR) is 82.5 cm³/mol. The van der Waals surface area contributed by atoms with Crippen molar-refractivity contribution in [1.82, 2.24) is 15.0 Å². The Hall–Kier alpha value is -1.99. The van der Waals surface area contributed by atoms with Crippen LogP contribution in [0.4, 0.5) is 0 Å². The minimum absolute atomic E-state index is 0.117. The molecule has 1 aromatic carbocycles. The van der Waals surface area contributed by atoms with Crippen LogP contribution in [0.25, 0.3) is 0 Å². The summed E-state index contributed by atoms with van der Waals surface area (Å²) in [5.41, 5.74) is 4.45. The SMILES string of the molecule is Cc1ncn(Cc2ccc(CC(=O)NN)cc2)c(=O)c1Br. The average Bonchev–Trinajstić information content (AvgIpc) is 2.49. The molecule has 3 N–H and O–H groups in total. The van der Waals surface area contributed by atoms with Gasteiger partial charge in [0.25, 0.3) is 5.56 Å². The summed E-state index contributed by atoms with van der Waals surface area (Å²) in [5, 5.41) is 0. The third-order valence-corrected chi connectivity index (χ3v) is 3.97. The molecule has 0 spiro atoms. The molecule has 1 heterocycles. The van der Waals surface area contributed by atoms with Crippen molar-refractivity contribution in [2.45, 2.75) is 19.9 Å². The summed E-state index contributed by atoms with van der Waals surface area (Å²) >= 11 is 3.24. The van der Waals surface area contributed by atoms with Crippen LogP contribution < -0.4 is 16.8 Å². The van der Waals surface area contributed by atoms with Crippen LogP contribution in [0.15, 0.2) is 39.9 Å². The maximum absolute atomic E-state index is 12.1. The number of nitrogens with one attached hydrogen (secondary N) is 1. The Labute approximate surface area is 130 Å². The summed E-state index contributed by atoms with van der Waals surface area (Å²) in [7, 11) is 0. The second-order valence-electron chi connectivity index (χ2n) is 4.64. The zero-order valence-electron chi connectivity index (χ0n) is 11.5. The van der Waals surface area contributed by atoms with Gasteiger partial charge in [0.05, 0.1) is 25.0 Å². The number of aromatic nitrogens is 2. The van der Waals surface area contributed by atoms with Crippen LogP contribution >= 0.6 is 15.9 Å². The van der Waals surface area contributed by atoms with Gasteiger partial charge in [0.15, 0.2) is 0 Å². The summed E-state index contributed by atoms with van der Waals surface area (Å²) in [5.74, 6) is 4.80. The fraction of sp³-hybridized carbons (Fsp3) is 0.214. The Morgan fingerprint density at radius 1 is 1.33 bits per heavy atom. The molecule has 6 nitrogen and oxygen atoms in total. The number of nitrogens with zero attached hydrogens (tertiary/aromatic N) is 2. The largest absolute Gasteiger partial charge is 0.294 e. The molecule has 0 atom stereocenters. The minimum atomic E-state index is -0.245. The van der Waals surface area contributed by atoms with Gasteiger partial charge < -0.3 is 0 Å². The Morgan fingerprint density at radius 3 is 2.57 bits per heavy atom. The van der Waals surface area contributed by atoms with Crippen LogP contribution in [0, 0.1) is 6.92 Å². The molecule has 0 radical (unpaired) electrons. The smallest absolute Gasteiger partial charge is 0.268 e. The average molecular weight is 351 g/mol. The number of hydrogen-bond acceptors (Lipinski definition) is 4. The van der Waals surface area contributed by atoms with E-state index in [1.54, 1.807) is 6.92 Å². The van der Waals surface area contributed by atoms with E-state index >= 15 is 0 Å². The summed E-state index contributed by atoms with van der Waals surface area (Å²) in [6.07, 6.45) is 1.76. The van der Waals surface area contributed by atoms with E-state index in [9.17, 15) is 9.59 Å². The molecule has 7 heteroatoms. The van der Waals surface area contributed by atoms with E-state index in [1.165, 1.54) is 10.9 Å². The van der Waals surface area contributed by atoms with Gasteiger partial charge in [0.2, 0.25) is 5.91 Å². The zero-order chi connectivity index (χ0) is 15.4. The summed E-state index contributed by atoms with van der Waals surface area (Å²) in [6, 6.07) is 7.43. The van der Waals surface area contributed by atoms with Crippen molar-refractivity contribution in [3.05, 3.63) is 62.2 Å². The van der Waals surface area contributed by atoms with Gasteiger partial charge in [-0.2, -0.15) is 0 Å². The predicted octanol–water partition coefficient (Wildman–Crippen LogP) is 0.895. The van der Waals surface area contributed by atoms with Crippen LogP contribution in [0.1, 0.15) is 16.8 Å². The number of halogens is 1. The lowest BCUT2D eigenvalue weighted by Crippen LogP contribution is -2.31. The lowest BCUT2D eigenvalue weighted by atomic mass is 10.1. The molecule has 21 heavy (non-hydrogen) atoms. The quantitative estimate of drug-likeness (QED) is 0.486. The topological polar surface area (TPSA) is 90.0 Å². The monoisotopic (exact) mass is 350 g/mol. The van der Waals surface area contributed by atoms with Crippen molar-refractivity contribution < 1.29 is 4.79 Å². The van der Waals surface area contributed by atoms with Crippen LogP contribution in [0.3, 0.4) is 0 Å². The Balaban J connectivity index is 2.16. The third kappa shape index (κ3) is 3.77. The van der Waals surface area contributed by atoms with Gasteiger partial charge in [-0.1, -0.05) is 24.3 Å². The molecule has 110 valence electrons. The Kier molecular flexibility index (Phi) is 4.87. The number of amides is 1. The summed E-state index contributed by atoms with van der Waals surface area (Å²) < 4.78 is 2.00. The van der Waals surface area contributed by atoms with Crippen molar-refractivity contribution in [1.29, 1.82) is 0 Å². The second kappa shape index (κ2) is 6.64. The van der Waals surface area contributed by atoms with Crippen LogP contribution in [0.2, 0.25) is 0 Å². The molecule has 1 aromatic heterocycles. The molecule has 2 rings (SSSR count). The number of hydrogen-bond donors (Lipinski definition) is 2. The van der Waals surface area contributed by atoms with E-state index in [0.717, 1.165) is 11.1 Å². The van der Waals surface area contributed by atoms with E-state index in [-0.39, 0.29) is 17.9 Å². The van der Waals surface area contributed by atoms with E-state index < -0.39 is 0 Å². The van der Waals surface area contributed by atoms with E-state index in [2.05, 4.69) is 26.3 Å². The van der Waals surface area contributed by atoms with E-state index in [4.69, 9.17) is 5.84 Å². The molecule has 0 unspecified atom stereocenters. The van der Waals surface area contributed by atoms with Crippen LogP contribution in [0.5, 0.6) is 0 Å². The van der Waals surface area contributed by atoms with E-state index in [0.29, 0.717) is 16.7 Å². The maximum Gasteiger partial charge on any atom is 0.268 e. The van der Waals surface area contributed by atoms with Crippen molar-refractivity contribution in [3.63, 3.8) is 0 Å². The first-order valence-corrected chi connectivity index (χ1v) is 7.09. The van der Waals surface area contributed by atoms with Crippen molar-refractivity contribution in [3.8, 4) is 0 Å². The van der Waals surface area contributed by atoms with Gasteiger partial charge in [-0.15, -0.1) is 0 Å². The lowest BCUT2D eigenvalue weighted by Gasteiger charge is -2.08. The van der Waals surface area contributed by atoms with Crippen LogP contribution in [-0.4, -0.2) is 15.5 Å². The van der Waals surface area contributed by atoms with Gasteiger partial charge in [-0.05, 0) is 34.0 Å². The molecule has 2 aromatic rings. The number of benzene rings is 1. The molecule has 0 saturated heterocycles. The molecule has 0 saturated carbocycles. The lowest BCUT2D eigenvalue weighted by molar-refractivity contribution is -0.120. The molecule has 0 aliphatic rings. The van der Waals surface area contributed by atoms with Gasteiger partial charge >= 0.3 is 0 Å². The van der Waals surface area contributed by atoms with Gasteiger partial charge in [0.1, 0.15) is 4.47 Å². The van der Waals surface area contributed by atoms with Gasteiger partial charge in [-0.3, -0.25) is 19.6 Å². The highest BCUT2D eigenvalue weighted by atomic mass is 79.9. The molecule has 0 bridgehead atoms. The third-order valence-electron chi connectivity index (χ3n) is 3.06. The molecule has 0 aliphatic heterocycles. The van der Waals surface area contributed by atoms with E-state index in [1.807, 2.05) is 24.3 Å². The fourth-order valence-corrected chi connectivity index (χ4v) is 2.18. The number of rotatable bonds is 4.